The van der Waals surface area contributed by atoms with Gasteiger partial charge in [0.2, 0.25) is 0 Å². The van der Waals surface area contributed by atoms with Crippen molar-refractivity contribution in [2.45, 2.75) is 67.7 Å². The third-order valence-electron chi connectivity index (χ3n) is 4.77. The lowest BCUT2D eigenvalue weighted by Gasteiger charge is -2.44. The lowest BCUT2D eigenvalue weighted by Crippen LogP contribution is -2.49. The van der Waals surface area contributed by atoms with E-state index in [2.05, 4.69) is 24.3 Å². The highest BCUT2D eigenvalue weighted by Crippen LogP contribution is 2.47. The first-order valence-electron chi connectivity index (χ1n) is 7.17. The molecule has 4 rings (SSSR count). The van der Waals surface area contributed by atoms with E-state index in [0.29, 0.717) is 32.1 Å². The summed E-state index contributed by atoms with van der Waals surface area (Å²) in [5.74, 6) is 0. The third kappa shape index (κ3) is 1.98. The van der Waals surface area contributed by atoms with Gasteiger partial charge in [-0.15, -0.1) is 0 Å². The molecule has 4 aliphatic rings. The molecule has 4 heteroatoms. The van der Waals surface area contributed by atoms with Crippen molar-refractivity contribution in [1.29, 1.82) is 0 Å². The van der Waals surface area contributed by atoms with Gasteiger partial charge in [0.05, 0.1) is 35.6 Å². The number of ether oxygens (including phenoxy) is 2. The van der Waals surface area contributed by atoms with Gasteiger partial charge >= 0.3 is 0 Å². The third-order valence-corrected chi connectivity index (χ3v) is 4.77. The minimum atomic E-state index is -0.418. The fraction of sp³-hybridized carbons (Fsp3) is 0.733. The minimum absolute atomic E-state index is 0.0369. The van der Waals surface area contributed by atoms with Gasteiger partial charge in [0.1, 0.15) is 0 Å². The zero-order chi connectivity index (χ0) is 13.1. The quantitative estimate of drug-likeness (QED) is 0.733. The van der Waals surface area contributed by atoms with Gasteiger partial charge in [0.15, 0.2) is 0 Å². The van der Waals surface area contributed by atoms with Crippen molar-refractivity contribution in [2.24, 2.45) is 0 Å². The van der Waals surface area contributed by atoms with Gasteiger partial charge in [-0.1, -0.05) is 24.3 Å². The van der Waals surface area contributed by atoms with Crippen LogP contribution in [0, 0.1) is 0 Å². The van der Waals surface area contributed by atoms with Crippen LogP contribution in [-0.2, 0) is 9.47 Å². The Morgan fingerprint density at radius 3 is 1.84 bits per heavy atom. The summed E-state index contributed by atoms with van der Waals surface area (Å²) >= 11 is 0. The van der Waals surface area contributed by atoms with E-state index in [1.165, 1.54) is 0 Å². The predicted molar refractivity (Wildman–Crippen MR) is 68.6 cm³/mol. The van der Waals surface area contributed by atoms with E-state index in [4.69, 9.17) is 9.47 Å². The molecule has 104 valence electrons. The van der Waals surface area contributed by atoms with Crippen molar-refractivity contribution < 1.29 is 19.7 Å². The Kier molecular flexibility index (Phi) is 2.49. The summed E-state index contributed by atoms with van der Waals surface area (Å²) in [5.41, 5.74) is -0.836. The predicted octanol–water partition coefficient (Wildman–Crippen LogP) is 1.07. The number of hydrogen-bond donors (Lipinski definition) is 2. The highest BCUT2D eigenvalue weighted by Gasteiger charge is 2.51. The molecule has 0 saturated carbocycles. The van der Waals surface area contributed by atoms with Gasteiger partial charge in [-0.25, -0.2) is 0 Å². The maximum absolute atomic E-state index is 9.98. The van der Waals surface area contributed by atoms with Crippen molar-refractivity contribution in [2.75, 3.05) is 0 Å². The highest BCUT2D eigenvalue weighted by molar-refractivity contribution is 5.24. The molecule has 4 bridgehead atoms. The van der Waals surface area contributed by atoms with Crippen LogP contribution in [0.5, 0.6) is 0 Å². The van der Waals surface area contributed by atoms with Crippen LogP contribution in [-0.4, -0.2) is 45.8 Å². The van der Waals surface area contributed by atoms with Crippen molar-refractivity contribution in [3.63, 3.8) is 0 Å². The van der Waals surface area contributed by atoms with Crippen LogP contribution >= 0.6 is 0 Å². The fourth-order valence-electron chi connectivity index (χ4n) is 4.16. The van der Waals surface area contributed by atoms with Crippen LogP contribution in [0.15, 0.2) is 24.3 Å². The molecule has 0 radical (unpaired) electrons. The molecular formula is C15H20O4. The van der Waals surface area contributed by atoms with Crippen LogP contribution in [0.2, 0.25) is 0 Å². The molecule has 4 heterocycles. The zero-order valence-electron chi connectivity index (χ0n) is 10.9. The molecule has 0 aliphatic carbocycles. The molecule has 4 nitrogen and oxygen atoms in total. The summed E-state index contributed by atoms with van der Waals surface area (Å²) in [6.45, 7) is 0. The van der Waals surface area contributed by atoms with Gasteiger partial charge in [-0.2, -0.15) is 0 Å². The van der Waals surface area contributed by atoms with Crippen LogP contribution in [0.1, 0.15) is 32.1 Å². The number of hydrogen-bond acceptors (Lipinski definition) is 4. The Morgan fingerprint density at radius 1 is 0.895 bits per heavy atom. The summed E-state index contributed by atoms with van der Waals surface area (Å²) in [4.78, 5) is 0. The number of fused-ring (bicyclic) bond motifs is 4. The summed E-state index contributed by atoms with van der Waals surface area (Å²) < 4.78 is 12.1. The molecular weight excluding hydrogens is 244 g/mol. The standard InChI is InChI=1S/C15H20O4/c16-10-5-12-1-3-14(7-10,18-12)9-15-4-2-13(19-15)6-11(17)8-15/h1-4,10-13,16-17H,5-9H2/t10-,11-,12+,13+,14-,15-/m1/s1. The summed E-state index contributed by atoms with van der Waals surface area (Å²) in [5, 5.41) is 20.0. The molecule has 0 aromatic carbocycles. The summed E-state index contributed by atoms with van der Waals surface area (Å²) in [6.07, 6.45) is 11.1. The van der Waals surface area contributed by atoms with Crippen molar-refractivity contribution in [1.82, 2.24) is 0 Å². The zero-order valence-corrected chi connectivity index (χ0v) is 10.9. The second kappa shape index (κ2) is 3.92. The Bertz CT molecular complexity index is 405. The molecule has 2 fully saturated rings. The van der Waals surface area contributed by atoms with Gasteiger partial charge in [0, 0.05) is 32.1 Å². The van der Waals surface area contributed by atoms with E-state index in [0.717, 1.165) is 0 Å². The highest BCUT2D eigenvalue weighted by atomic mass is 16.5. The summed E-state index contributed by atoms with van der Waals surface area (Å²) in [7, 11) is 0. The molecule has 0 spiro atoms. The first-order valence-corrected chi connectivity index (χ1v) is 7.17. The molecule has 2 N–H and O–H groups in total. The molecule has 19 heavy (non-hydrogen) atoms. The minimum Gasteiger partial charge on any atom is -0.393 e. The van der Waals surface area contributed by atoms with Gasteiger partial charge in [-0.3, -0.25) is 0 Å². The molecule has 6 atom stereocenters. The lowest BCUT2D eigenvalue weighted by atomic mass is 9.79. The Labute approximate surface area is 112 Å². The molecule has 2 saturated heterocycles. The lowest BCUT2D eigenvalue weighted by molar-refractivity contribution is -0.165. The number of rotatable bonds is 2. The first-order chi connectivity index (χ1) is 9.07. The van der Waals surface area contributed by atoms with E-state index in [1.54, 1.807) is 0 Å². The average Bonchev–Trinajstić information content (AvgIpc) is 2.76. The first kappa shape index (κ1) is 12.1. The maximum Gasteiger partial charge on any atom is 0.0926 e. The molecule has 4 aliphatic heterocycles. The SMILES string of the molecule is O[C@@H]1C[C@@H]2C=C[C@](C[C@@]34C=C[C@@H](C[C@@H](O)C3)O4)(C1)O2. The molecule has 0 unspecified atom stereocenters. The van der Waals surface area contributed by atoms with Gasteiger partial charge in [-0.05, 0) is 0 Å². The monoisotopic (exact) mass is 264 g/mol. The van der Waals surface area contributed by atoms with Crippen LogP contribution < -0.4 is 0 Å². The molecule has 0 amide bonds. The Hall–Kier alpha value is -0.680. The van der Waals surface area contributed by atoms with E-state index in [1.807, 2.05) is 0 Å². The van der Waals surface area contributed by atoms with Crippen LogP contribution in [0.3, 0.4) is 0 Å². The molecule has 0 aromatic heterocycles. The number of aliphatic hydroxyl groups is 2. The van der Waals surface area contributed by atoms with Crippen molar-refractivity contribution in [3.8, 4) is 0 Å². The maximum atomic E-state index is 9.98. The van der Waals surface area contributed by atoms with E-state index in [9.17, 15) is 10.2 Å². The number of aliphatic hydroxyl groups excluding tert-OH is 2. The summed E-state index contributed by atoms with van der Waals surface area (Å²) in [6, 6.07) is 0. The smallest absolute Gasteiger partial charge is 0.0926 e. The Balaban J connectivity index is 1.58. The largest absolute Gasteiger partial charge is 0.393 e. The van der Waals surface area contributed by atoms with Crippen molar-refractivity contribution in [3.05, 3.63) is 24.3 Å². The van der Waals surface area contributed by atoms with Crippen LogP contribution in [0.4, 0.5) is 0 Å². The second-order valence-corrected chi connectivity index (χ2v) is 6.52. The fourth-order valence-corrected chi connectivity index (χ4v) is 4.16. The van der Waals surface area contributed by atoms with E-state index in [-0.39, 0.29) is 24.4 Å². The Morgan fingerprint density at radius 2 is 1.37 bits per heavy atom. The average molecular weight is 264 g/mol. The van der Waals surface area contributed by atoms with Gasteiger partial charge < -0.3 is 19.7 Å². The van der Waals surface area contributed by atoms with E-state index >= 15 is 0 Å². The molecule has 0 aromatic rings. The topological polar surface area (TPSA) is 58.9 Å². The van der Waals surface area contributed by atoms with Crippen molar-refractivity contribution >= 4 is 0 Å². The van der Waals surface area contributed by atoms with Crippen LogP contribution in [0.25, 0.3) is 0 Å². The van der Waals surface area contributed by atoms with E-state index < -0.39 is 11.2 Å². The van der Waals surface area contributed by atoms with Gasteiger partial charge in [0.25, 0.3) is 0 Å². The second-order valence-electron chi connectivity index (χ2n) is 6.52. The normalized spacial score (nSPS) is 54.8.